The minimum Gasteiger partial charge on any atom is -0.392 e. The van der Waals surface area contributed by atoms with E-state index in [9.17, 15) is 0 Å². The van der Waals surface area contributed by atoms with Crippen molar-refractivity contribution < 1.29 is 5.11 Å². The van der Waals surface area contributed by atoms with Crippen molar-refractivity contribution in [3.8, 4) is 0 Å². The number of aliphatic hydroxyl groups excluding tert-OH is 1. The molecule has 2 rings (SSSR count). The zero-order valence-corrected chi connectivity index (χ0v) is 5.04. The summed E-state index contributed by atoms with van der Waals surface area (Å²) >= 11 is 0. The molecule has 0 aromatic rings. The fourth-order valence-corrected chi connectivity index (χ4v) is 1.71. The van der Waals surface area contributed by atoms with Gasteiger partial charge in [-0.15, -0.1) is 0 Å². The van der Waals surface area contributed by atoms with E-state index in [1.165, 1.54) is 0 Å². The molecule has 2 heteroatoms. The van der Waals surface area contributed by atoms with Gasteiger partial charge in [0.1, 0.15) is 0 Å². The van der Waals surface area contributed by atoms with Gasteiger partial charge >= 0.3 is 0 Å². The molecule has 2 unspecified atom stereocenters. The Morgan fingerprint density at radius 2 is 1.88 bits per heavy atom. The summed E-state index contributed by atoms with van der Waals surface area (Å²) in [5.41, 5.74) is 0. The second-order valence-corrected chi connectivity index (χ2v) is 3.04. The molecule has 0 amide bonds. The van der Waals surface area contributed by atoms with Crippen LogP contribution in [0.25, 0.3) is 0 Å². The summed E-state index contributed by atoms with van der Waals surface area (Å²) in [6.45, 7) is 2.23. The van der Waals surface area contributed by atoms with Crippen molar-refractivity contribution >= 4 is 0 Å². The van der Waals surface area contributed by atoms with E-state index in [1.54, 1.807) is 0 Å². The van der Waals surface area contributed by atoms with E-state index < -0.39 is 0 Å². The van der Waals surface area contributed by atoms with Crippen LogP contribution in [0.4, 0.5) is 0 Å². The third-order valence-electron chi connectivity index (χ3n) is 2.33. The van der Waals surface area contributed by atoms with Crippen molar-refractivity contribution in [3.63, 3.8) is 0 Å². The molecule has 1 heterocycles. The van der Waals surface area contributed by atoms with Gasteiger partial charge in [-0.2, -0.15) is 0 Å². The Balaban J connectivity index is 2.00. The monoisotopic (exact) mass is 113 g/mol. The summed E-state index contributed by atoms with van der Waals surface area (Å²) in [5.74, 6) is 1.28. The molecule has 8 heavy (non-hydrogen) atoms. The van der Waals surface area contributed by atoms with Crippen LogP contribution in [-0.2, 0) is 0 Å². The van der Waals surface area contributed by atoms with Gasteiger partial charge in [-0.05, 0) is 7.05 Å². The summed E-state index contributed by atoms with van der Waals surface area (Å²) in [6.07, 6.45) is 0.0613. The quantitative estimate of drug-likeness (QED) is 0.459. The number of piperidine rings is 1. The highest BCUT2D eigenvalue weighted by Gasteiger charge is 2.53. The number of rotatable bonds is 0. The largest absolute Gasteiger partial charge is 0.392 e. The van der Waals surface area contributed by atoms with Gasteiger partial charge in [0, 0.05) is 24.9 Å². The van der Waals surface area contributed by atoms with E-state index >= 15 is 0 Å². The predicted octanol–water partition coefficient (Wildman–Crippen LogP) is -0.461. The lowest BCUT2D eigenvalue weighted by Crippen LogP contribution is -2.20. The zero-order valence-electron chi connectivity index (χ0n) is 5.04. The number of hydrogen-bond acceptors (Lipinski definition) is 2. The van der Waals surface area contributed by atoms with E-state index in [0.29, 0.717) is 11.8 Å². The first-order chi connectivity index (χ1) is 3.79. The standard InChI is InChI=1S/C6H11NO/c1-7-2-4-5(3-7)6(4)8/h4-6,8H,2-3H2,1H3. The smallest absolute Gasteiger partial charge is 0.0629 e. The van der Waals surface area contributed by atoms with Crippen molar-refractivity contribution in [1.82, 2.24) is 4.90 Å². The number of fused-ring (bicyclic) bond motifs is 1. The number of hydrogen-bond donors (Lipinski definition) is 1. The first-order valence-electron chi connectivity index (χ1n) is 3.15. The van der Waals surface area contributed by atoms with E-state index in [1.807, 2.05) is 0 Å². The fraction of sp³-hybridized carbons (Fsp3) is 1.00. The van der Waals surface area contributed by atoms with Gasteiger partial charge in [0.2, 0.25) is 0 Å². The zero-order chi connectivity index (χ0) is 5.72. The summed E-state index contributed by atoms with van der Waals surface area (Å²) in [6, 6.07) is 0. The highest BCUT2D eigenvalue weighted by atomic mass is 16.3. The molecule has 1 aliphatic carbocycles. The normalized spacial score (nSPS) is 54.0. The summed E-state index contributed by atoms with van der Waals surface area (Å²) in [7, 11) is 2.11. The van der Waals surface area contributed by atoms with Crippen molar-refractivity contribution in [3.05, 3.63) is 0 Å². The van der Waals surface area contributed by atoms with Crippen LogP contribution in [0.2, 0.25) is 0 Å². The summed E-state index contributed by atoms with van der Waals surface area (Å²) < 4.78 is 0. The molecule has 0 aromatic carbocycles. The molecule has 0 radical (unpaired) electrons. The second-order valence-electron chi connectivity index (χ2n) is 3.04. The lowest BCUT2D eigenvalue weighted by molar-refractivity contribution is 0.203. The minimum absolute atomic E-state index is 0.0613. The molecule has 2 aliphatic rings. The second kappa shape index (κ2) is 1.25. The van der Waals surface area contributed by atoms with Gasteiger partial charge < -0.3 is 10.0 Å². The van der Waals surface area contributed by atoms with Crippen molar-refractivity contribution in [2.75, 3.05) is 20.1 Å². The van der Waals surface area contributed by atoms with Gasteiger partial charge in [-0.25, -0.2) is 0 Å². The Kier molecular flexibility index (Phi) is 0.746. The molecule has 1 N–H and O–H groups in total. The van der Waals surface area contributed by atoms with Crippen LogP contribution >= 0.6 is 0 Å². The molecule has 1 saturated heterocycles. The maximum Gasteiger partial charge on any atom is 0.0629 e. The first-order valence-corrected chi connectivity index (χ1v) is 3.15. The van der Waals surface area contributed by atoms with E-state index in [0.717, 1.165) is 13.1 Å². The lowest BCUT2D eigenvalue weighted by Gasteiger charge is -2.09. The molecule has 0 spiro atoms. The topological polar surface area (TPSA) is 23.5 Å². The van der Waals surface area contributed by atoms with Gasteiger partial charge in [-0.3, -0.25) is 0 Å². The third kappa shape index (κ3) is 0.446. The Morgan fingerprint density at radius 1 is 1.38 bits per heavy atom. The average Bonchev–Trinajstić information content (AvgIpc) is 2.29. The van der Waals surface area contributed by atoms with Gasteiger partial charge in [0.15, 0.2) is 0 Å². The molecule has 0 bridgehead atoms. The van der Waals surface area contributed by atoms with Crippen molar-refractivity contribution in [2.24, 2.45) is 11.8 Å². The van der Waals surface area contributed by atoms with Crippen LogP contribution in [0.15, 0.2) is 0 Å². The van der Waals surface area contributed by atoms with Crippen LogP contribution in [0.3, 0.4) is 0 Å². The maximum absolute atomic E-state index is 9.04. The fourth-order valence-electron chi connectivity index (χ4n) is 1.71. The van der Waals surface area contributed by atoms with Crippen molar-refractivity contribution in [1.29, 1.82) is 0 Å². The average molecular weight is 113 g/mol. The van der Waals surface area contributed by atoms with Crippen LogP contribution in [0, 0.1) is 11.8 Å². The van der Waals surface area contributed by atoms with E-state index in [2.05, 4.69) is 11.9 Å². The molecule has 2 nitrogen and oxygen atoms in total. The number of aliphatic hydroxyl groups is 1. The first kappa shape index (κ1) is 4.77. The predicted molar refractivity (Wildman–Crippen MR) is 30.5 cm³/mol. The third-order valence-corrected chi connectivity index (χ3v) is 2.33. The Hall–Kier alpha value is -0.0800. The van der Waals surface area contributed by atoms with Crippen LogP contribution in [-0.4, -0.2) is 36.2 Å². The molecular formula is C6H11NO. The van der Waals surface area contributed by atoms with Gasteiger partial charge in [0.05, 0.1) is 6.10 Å². The Bertz CT molecular complexity index is 103. The van der Waals surface area contributed by atoms with Gasteiger partial charge in [0.25, 0.3) is 0 Å². The molecular weight excluding hydrogens is 102 g/mol. The highest BCUT2D eigenvalue weighted by molar-refractivity contribution is 5.04. The molecule has 2 fully saturated rings. The Morgan fingerprint density at radius 3 is 2.25 bits per heavy atom. The number of likely N-dealkylation sites (tertiary alicyclic amines) is 1. The SMILES string of the molecule is CN1CC2C(O)C2C1. The van der Waals surface area contributed by atoms with Crippen LogP contribution < -0.4 is 0 Å². The molecule has 0 aromatic heterocycles. The highest BCUT2D eigenvalue weighted by Crippen LogP contribution is 2.44. The molecule has 1 aliphatic heterocycles. The van der Waals surface area contributed by atoms with Crippen LogP contribution in [0.1, 0.15) is 0 Å². The van der Waals surface area contributed by atoms with Crippen LogP contribution in [0.5, 0.6) is 0 Å². The maximum atomic E-state index is 9.04. The van der Waals surface area contributed by atoms with E-state index in [4.69, 9.17) is 5.11 Å². The molecule has 2 atom stereocenters. The lowest BCUT2D eigenvalue weighted by atomic mass is 10.4. The number of nitrogens with zero attached hydrogens (tertiary/aromatic N) is 1. The summed E-state index contributed by atoms with van der Waals surface area (Å²) in [5, 5.41) is 9.04. The molecule has 46 valence electrons. The van der Waals surface area contributed by atoms with Gasteiger partial charge in [-0.1, -0.05) is 0 Å². The Labute approximate surface area is 49.1 Å². The molecule has 1 saturated carbocycles. The summed E-state index contributed by atoms with van der Waals surface area (Å²) in [4.78, 5) is 2.28. The van der Waals surface area contributed by atoms with Crippen molar-refractivity contribution in [2.45, 2.75) is 6.10 Å². The van der Waals surface area contributed by atoms with E-state index in [-0.39, 0.29) is 6.10 Å². The minimum atomic E-state index is 0.0613.